The van der Waals surface area contributed by atoms with Crippen LogP contribution in [0.5, 0.6) is 5.75 Å². The lowest BCUT2D eigenvalue weighted by Gasteiger charge is -2.10. The van der Waals surface area contributed by atoms with Gasteiger partial charge in [0, 0.05) is 18.4 Å². The fourth-order valence-corrected chi connectivity index (χ4v) is 1.53. The van der Waals surface area contributed by atoms with Gasteiger partial charge in [0.15, 0.2) is 5.78 Å². The van der Waals surface area contributed by atoms with Gasteiger partial charge in [0.05, 0.1) is 19.0 Å². The number of methoxy groups -OCH3 is 1. The lowest BCUT2D eigenvalue weighted by atomic mass is 10.0. The Kier molecular flexibility index (Phi) is 5.57. The molecule has 19 heavy (non-hydrogen) atoms. The van der Waals surface area contributed by atoms with Crippen molar-refractivity contribution in [2.75, 3.05) is 7.11 Å². The fraction of sp³-hybridized carbons (Fsp3) is 0.400. The Bertz CT molecular complexity index is 446. The van der Waals surface area contributed by atoms with Crippen molar-refractivity contribution in [2.24, 2.45) is 5.92 Å². The molecule has 2 N–H and O–H groups in total. The third-order valence-corrected chi connectivity index (χ3v) is 2.80. The highest BCUT2D eigenvalue weighted by Gasteiger charge is 2.13. The zero-order valence-corrected chi connectivity index (χ0v) is 11.5. The topological polar surface area (TPSA) is 66.8 Å². The second-order valence-electron chi connectivity index (χ2n) is 4.68. The van der Waals surface area contributed by atoms with Gasteiger partial charge in [-0.3, -0.25) is 4.79 Å². The first-order valence-corrected chi connectivity index (χ1v) is 6.19. The lowest BCUT2D eigenvalue weighted by Crippen LogP contribution is -2.06. The van der Waals surface area contributed by atoms with Crippen molar-refractivity contribution in [3.8, 4) is 5.75 Å². The molecule has 1 atom stereocenters. The molecular weight excluding hydrogens is 244 g/mol. The van der Waals surface area contributed by atoms with E-state index in [1.807, 2.05) is 0 Å². The van der Waals surface area contributed by atoms with E-state index in [1.165, 1.54) is 6.08 Å². The molecule has 1 aromatic carbocycles. The number of aliphatic hydroxyl groups excluding tert-OH is 2. The number of ketones is 1. The van der Waals surface area contributed by atoms with Gasteiger partial charge in [-0.15, -0.1) is 0 Å². The molecule has 0 spiro atoms. The highest BCUT2D eigenvalue weighted by Crippen LogP contribution is 2.20. The first-order valence-electron chi connectivity index (χ1n) is 6.19. The summed E-state index contributed by atoms with van der Waals surface area (Å²) in [5.74, 6) is 0.336. The van der Waals surface area contributed by atoms with E-state index in [-0.39, 0.29) is 23.9 Å². The van der Waals surface area contributed by atoms with Gasteiger partial charge in [0.25, 0.3) is 0 Å². The average molecular weight is 264 g/mol. The molecule has 4 nitrogen and oxygen atoms in total. The van der Waals surface area contributed by atoms with Gasteiger partial charge in [-0.1, -0.05) is 26.0 Å². The Hall–Kier alpha value is -1.81. The number of rotatable bonds is 6. The predicted octanol–water partition coefficient (Wildman–Crippen LogP) is 2.79. The van der Waals surface area contributed by atoms with E-state index in [4.69, 9.17) is 4.74 Å². The molecule has 0 aliphatic carbocycles. The van der Waals surface area contributed by atoms with Crippen molar-refractivity contribution in [3.05, 3.63) is 41.7 Å². The Labute approximate surface area is 113 Å². The zero-order valence-electron chi connectivity index (χ0n) is 11.5. The number of benzene rings is 1. The lowest BCUT2D eigenvalue weighted by molar-refractivity contribution is -0.116. The first kappa shape index (κ1) is 15.2. The molecule has 0 aliphatic heterocycles. The molecule has 0 fully saturated rings. The molecule has 0 amide bonds. The van der Waals surface area contributed by atoms with Gasteiger partial charge in [0.2, 0.25) is 0 Å². The van der Waals surface area contributed by atoms with E-state index in [1.54, 1.807) is 45.2 Å². The van der Waals surface area contributed by atoms with Gasteiger partial charge in [0.1, 0.15) is 5.75 Å². The van der Waals surface area contributed by atoms with Crippen LogP contribution in [0.4, 0.5) is 0 Å². The summed E-state index contributed by atoms with van der Waals surface area (Å²) in [7, 11) is 1.56. The van der Waals surface area contributed by atoms with Crippen LogP contribution in [0.3, 0.4) is 0 Å². The van der Waals surface area contributed by atoms with Crippen LogP contribution in [0, 0.1) is 5.92 Å². The summed E-state index contributed by atoms with van der Waals surface area (Å²) in [6.45, 7) is 3.58. The van der Waals surface area contributed by atoms with Crippen LogP contribution in [0.25, 0.3) is 0 Å². The Morgan fingerprint density at radius 3 is 2.37 bits per heavy atom. The minimum absolute atomic E-state index is 0.0342. The van der Waals surface area contributed by atoms with Crippen LogP contribution in [0.2, 0.25) is 0 Å². The Balaban J connectivity index is 2.66. The maximum absolute atomic E-state index is 11.6. The van der Waals surface area contributed by atoms with Gasteiger partial charge in [-0.05, 0) is 17.7 Å². The van der Waals surface area contributed by atoms with E-state index in [2.05, 4.69) is 0 Å². The largest absolute Gasteiger partial charge is 0.512 e. The standard InChI is InChI=1S/C15H20O4/c1-10(2)14(17)8-12(16)9-15(18)11-4-6-13(19-3)7-5-11/h4-8,10,15,17-18H,9H2,1-3H3/b14-8-. The second kappa shape index (κ2) is 6.95. The van der Waals surface area contributed by atoms with E-state index < -0.39 is 6.10 Å². The Morgan fingerprint density at radius 1 is 1.32 bits per heavy atom. The zero-order chi connectivity index (χ0) is 14.4. The third-order valence-electron chi connectivity index (χ3n) is 2.80. The average Bonchev–Trinajstić information content (AvgIpc) is 2.38. The summed E-state index contributed by atoms with van der Waals surface area (Å²) >= 11 is 0. The third kappa shape index (κ3) is 4.75. The summed E-state index contributed by atoms with van der Waals surface area (Å²) in [6.07, 6.45) is 0.246. The Morgan fingerprint density at radius 2 is 1.89 bits per heavy atom. The van der Waals surface area contributed by atoms with Crippen molar-refractivity contribution in [2.45, 2.75) is 26.4 Å². The minimum atomic E-state index is -0.880. The van der Waals surface area contributed by atoms with Crippen LogP contribution >= 0.6 is 0 Å². The quantitative estimate of drug-likeness (QED) is 0.612. The van der Waals surface area contributed by atoms with E-state index in [0.29, 0.717) is 11.3 Å². The molecule has 104 valence electrons. The summed E-state index contributed by atoms with van der Waals surface area (Å²) < 4.78 is 5.02. The molecule has 0 radical (unpaired) electrons. The van der Waals surface area contributed by atoms with Gasteiger partial charge in [-0.25, -0.2) is 0 Å². The number of hydrogen-bond acceptors (Lipinski definition) is 4. The van der Waals surface area contributed by atoms with E-state index in [9.17, 15) is 15.0 Å². The van der Waals surface area contributed by atoms with Crippen molar-refractivity contribution >= 4 is 5.78 Å². The maximum atomic E-state index is 11.6. The maximum Gasteiger partial charge on any atom is 0.161 e. The van der Waals surface area contributed by atoms with Crippen molar-refractivity contribution in [1.29, 1.82) is 0 Å². The van der Waals surface area contributed by atoms with Gasteiger partial charge in [-0.2, -0.15) is 0 Å². The molecule has 1 aromatic rings. The summed E-state index contributed by atoms with van der Waals surface area (Å²) in [4.78, 5) is 11.6. The number of allylic oxidation sites excluding steroid dienone is 2. The molecule has 0 aliphatic rings. The van der Waals surface area contributed by atoms with Crippen LogP contribution in [0.1, 0.15) is 31.9 Å². The first-order chi connectivity index (χ1) is 8.93. The minimum Gasteiger partial charge on any atom is -0.512 e. The second-order valence-corrected chi connectivity index (χ2v) is 4.68. The van der Waals surface area contributed by atoms with Crippen LogP contribution in [-0.2, 0) is 4.79 Å². The molecule has 1 rings (SSSR count). The number of carbonyl (C=O) groups excluding carboxylic acids is 1. The van der Waals surface area contributed by atoms with Crippen LogP contribution < -0.4 is 4.74 Å². The SMILES string of the molecule is COc1ccc(C(O)CC(=O)/C=C(\O)C(C)C)cc1. The van der Waals surface area contributed by atoms with Gasteiger partial charge >= 0.3 is 0 Å². The number of carbonyl (C=O) groups is 1. The molecule has 1 unspecified atom stereocenters. The highest BCUT2D eigenvalue weighted by molar-refractivity contribution is 5.90. The predicted molar refractivity (Wildman–Crippen MR) is 73.1 cm³/mol. The summed E-state index contributed by atoms with van der Waals surface area (Å²) in [5.41, 5.74) is 0.645. The fourth-order valence-electron chi connectivity index (χ4n) is 1.53. The van der Waals surface area contributed by atoms with E-state index >= 15 is 0 Å². The summed E-state index contributed by atoms with van der Waals surface area (Å²) in [5, 5.41) is 19.4. The molecule has 0 heterocycles. The van der Waals surface area contributed by atoms with Crippen molar-refractivity contribution < 1.29 is 19.7 Å². The number of ether oxygens (including phenoxy) is 1. The highest BCUT2D eigenvalue weighted by atomic mass is 16.5. The molecule has 0 saturated carbocycles. The molecular formula is C15H20O4. The smallest absolute Gasteiger partial charge is 0.161 e. The molecule has 4 heteroatoms. The van der Waals surface area contributed by atoms with Gasteiger partial charge < -0.3 is 14.9 Å². The van der Waals surface area contributed by atoms with Crippen LogP contribution in [0.15, 0.2) is 36.1 Å². The van der Waals surface area contributed by atoms with Crippen LogP contribution in [-0.4, -0.2) is 23.1 Å². The monoisotopic (exact) mass is 264 g/mol. The molecule has 0 saturated heterocycles. The van der Waals surface area contributed by atoms with Crippen molar-refractivity contribution in [3.63, 3.8) is 0 Å². The van der Waals surface area contributed by atoms with E-state index in [0.717, 1.165) is 0 Å². The normalized spacial score (nSPS) is 13.4. The molecule has 0 aromatic heterocycles. The molecule has 0 bridgehead atoms. The van der Waals surface area contributed by atoms with Crippen molar-refractivity contribution in [1.82, 2.24) is 0 Å². The summed E-state index contributed by atoms with van der Waals surface area (Å²) in [6, 6.07) is 6.88. The number of aliphatic hydroxyl groups is 2. The number of hydrogen-bond donors (Lipinski definition) is 2.